The Morgan fingerprint density at radius 1 is 0.881 bits per heavy atom. The molecule has 0 radical (unpaired) electrons. The first-order valence-corrected chi connectivity index (χ1v) is 15.6. The third kappa shape index (κ3) is 8.83. The SMILES string of the molecule is CCCCCCCOc1ccc(-c2cnc(-c3ccc(CC(C=O)NC(=O)c4ccc(C(C)(C)C)s4)cc3)nc2)cc1. The standard InChI is InChI=1S/C35H41N3O3S/c1-5-6-7-8-9-20-41-30-16-14-26(15-17-30)28-22-36-33(37-23-28)27-12-10-25(11-13-27)21-29(24-39)38-34(40)31-18-19-32(42-31)35(2,3)4/h10-19,22-24,29H,5-9,20-21H2,1-4H3,(H,38,40). The van der Waals surface area contributed by atoms with Crippen LogP contribution in [0.1, 0.15) is 79.9 Å². The first-order chi connectivity index (χ1) is 20.3. The van der Waals surface area contributed by atoms with Gasteiger partial charge in [0, 0.05) is 28.4 Å². The number of rotatable bonds is 14. The van der Waals surface area contributed by atoms with Crippen LogP contribution in [0, 0.1) is 0 Å². The van der Waals surface area contributed by atoms with Crippen molar-refractivity contribution in [3.05, 3.63) is 88.4 Å². The number of carbonyl (C=O) groups excluding carboxylic acids is 2. The monoisotopic (exact) mass is 583 g/mol. The predicted molar refractivity (Wildman–Crippen MR) is 171 cm³/mol. The van der Waals surface area contributed by atoms with E-state index in [1.165, 1.54) is 37.0 Å². The van der Waals surface area contributed by atoms with Gasteiger partial charge >= 0.3 is 0 Å². The predicted octanol–water partition coefficient (Wildman–Crippen LogP) is 8.06. The number of benzene rings is 2. The van der Waals surface area contributed by atoms with Crippen LogP contribution >= 0.6 is 11.3 Å². The van der Waals surface area contributed by atoms with Crippen molar-refractivity contribution in [2.45, 2.75) is 77.7 Å². The highest BCUT2D eigenvalue weighted by molar-refractivity contribution is 7.14. The maximum Gasteiger partial charge on any atom is 0.261 e. The lowest BCUT2D eigenvalue weighted by atomic mass is 9.95. The van der Waals surface area contributed by atoms with Crippen LogP contribution in [0.15, 0.2) is 73.1 Å². The summed E-state index contributed by atoms with van der Waals surface area (Å²) in [5.41, 5.74) is 3.77. The van der Waals surface area contributed by atoms with Crippen LogP contribution in [0.4, 0.5) is 0 Å². The molecule has 6 nitrogen and oxygen atoms in total. The normalized spacial score (nSPS) is 12.1. The minimum Gasteiger partial charge on any atom is -0.494 e. The number of nitrogens with zero attached hydrogens (tertiary/aromatic N) is 2. The second-order valence-electron chi connectivity index (χ2n) is 11.6. The van der Waals surface area contributed by atoms with Gasteiger partial charge in [0.1, 0.15) is 12.0 Å². The lowest BCUT2D eigenvalue weighted by Crippen LogP contribution is -2.37. The van der Waals surface area contributed by atoms with Gasteiger partial charge in [-0.25, -0.2) is 9.97 Å². The smallest absolute Gasteiger partial charge is 0.261 e. The molecule has 42 heavy (non-hydrogen) atoms. The van der Waals surface area contributed by atoms with Crippen LogP contribution in [0.3, 0.4) is 0 Å². The Kier molecular flexibility index (Phi) is 11.0. The number of unbranched alkanes of at least 4 members (excludes halogenated alkanes) is 4. The van der Waals surface area contributed by atoms with Crippen LogP contribution in [-0.4, -0.2) is 34.8 Å². The Bertz CT molecular complexity index is 1420. The van der Waals surface area contributed by atoms with Gasteiger partial charge in [-0.05, 0) is 53.6 Å². The fourth-order valence-corrected chi connectivity index (χ4v) is 5.51. The third-order valence-corrected chi connectivity index (χ3v) is 8.58. The zero-order valence-electron chi connectivity index (χ0n) is 25.1. The van der Waals surface area contributed by atoms with E-state index in [-0.39, 0.29) is 11.3 Å². The van der Waals surface area contributed by atoms with E-state index in [1.54, 1.807) is 0 Å². The number of ether oxygens (including phenoxy) is 1. The molecule has 2 heterocycles. The van der Waals surface area contributed by atoms with Gasteiger partial charge in [-0.15, -0.1) is 11.3 Å². The second kappa shape index (κ2) is 14.9. The number of thiophene rings is 1. The van der Waals surface area contributed by atoms with Crippen molar-refractivity contribution in [1.82, 2.24) is 15.3 Å². The van der Waals surface area contributed by atoms with Gasteiger partial charge < -0.3 is 14.8 Å². The highest BCUT2D eigenvalue weighted by Gasteiger charge is 2.20. The summed E-state index contributed by atoms with van der Waals surface area (Å²) in [6.45, 7) is 9.31. The fraction of sp³-hybridized carbons (Fsp3) is 0.371. The van der Waals surface area contributed by atoms with E-state index in [2.05, 4.69) is 43.0 Å². The number of aromatic nitrogens is 2. The summed E-state index contributed by atoms with van der Waals surface area (Å²) in [7, 11) is 0. The second-order valence-corrected chi connectivity index (χ2v) is 12.7. The summed E-state index contributed by atoms with van der Waals surface area (Å²) in [4.78, 5) is 35.4. The van der Waals surface area contributed by atoms with Crippen molar-refractivity contribution in [3.8, 4) is 28.3 Å². The van der Waals surface area contributed by atoms with E-state index >= 15 is 0 Å². The average molecular weight is 584 g/mol. The number of hydrogen-bond donors (Lipinski definition) is 1. The Balaban J connectivity index is 1.30. The number of aldehydes is 1. The lowest BCUT2D eigenvalue weighted by Gasteiger charge is -2.15. The van der Waals surface area contributed by atoms with Crippen LogP contribution < -0.4 is 10.1 Å². The molecule has 1 unspecified atom stereocenters. The van der Waals surface area contributed by atoms with Gasteiger partial charge in [-0.1, -0.05) is 89.8 Å². The van der Waals surface area contributed by atoms with Crippen LogP contribution in [0.5, 0.6) is 5.75 Å². The molecule has 1 atom stereocenters. The Labute approximate surface area is 253 Å². The first-order valence-electron chi connectivity index (χ1n) is 14.8. The zero-order chi connectivity index (χ0) is 30.0. The van der Waals surface area contributed by atoms with Gasteiger partial charge in [0.15, 0.2) is 5.82 Å². The Hall–Kier alpha value is -3.84. The van der Waals surface area contributed by atoms with E-state index in [4.69, 9.17) is 4.74 Å². The fourth-order valence-electron chi connectivity index (χ4n) is 4.54. The van der Waals surface area contributed by atoms with E-state index in [0.29, 0.717) is 17.1 Å². The van der Waals surface area contributed by atoms with Gasteiger partial charge in [-0.3, -0.25) is 4.79 Å². The van der Waals surface area contributed by atoms with Gasteiger partial charge in [0.05, 0.1) is 17.5 Å². The maximum atomic E-state index is 12.7. The molecule has 1 N–H and O–H groups in total. The number of nitrogens with one attached hydrogen (secondary N) is 1. The van der Waals surface area contributed by atoms with Crippen molar-refractivity contribution in [3.63, 3.8) is 0 Å². The van der Waals surface area contributed by atoms with Gasteiger partial charge in [0.2, 0.25) is 0 Å². The van der Waals surface area contributed by atoms with Crippen LogP contribution in [0.25, 0.3) is 22.5 Å². The lowest BCUT2D eigenvalue weighted by molar-refractivity contribution is -0.109. The van der Waals surface area contributed by atoms with Crippen molar-refractivity contribution in [2.24, 2.45) is 0 Å². The molecule has 0 aliphatic carbocycles. The molecule has 0 bridgehead atoms. The topological polar surface area (TPSA) is 81.2 Å². The van der Waals surface area contributed by atoms with Crippen molar-refractivity contribution >= 4 is 23.5 Å². The summed E-state index contributed by atoms with van der Waals surface area (Å²) < 4.78 is 5.87. The molecule has 2 aromatic heterocycles. The summed E-state index contributed by atoms with van der Waals surface area (Å²) in [6, 6.07) is 19.0. The van der Waals surface area contributed by atoms with Crippen molar-refractivity contribution in [1.29, 1.82) is 0 Å². The molecular formula is C35H41N3O3S. The van der Waals surface area contributed by atoms with E-state index < -0.39 is 6.04 Å². The zero-order valence-corrected chi connectivity index (χ0v) is 25.9. The molecule has 1 amide bonds. The maximum absolute atomic E-state index is 12.7. The molecule has 4 aromatic rings. The van der Waals surface area contributed by atoms with Crippen LogP contribution in [-0.2, 0) is 16.6 Å². The summed E-state index contributed by atoms with van der Waals surface area (Å²) in [5, 5.41) is 2.86. The summed E-state index contributed by atoms with van der Waals surface area (Å²) in [6.07, 6.45) is 11.0. The summed E-state index contributed by atoms with van der Waals surface area (Å²) >= 11 is 1.46. The van der Waals surface area contributed by atoms with Gasteiger partial charge in [0.25, 0.3) is 5.91 Å². The van der Waals surface area contributed by atoms with Crippen LogP contribution in [0.2, 0.25) is 0 Å². The molecule has 220 valence electrons. The Morgan fingerprint density at radius 3 is 2.17 bits per heavy atom. The molecule has 4 rings (SSSR count). The molecule has 2 aromatic carbocycles. The Morgan fingerprint density at radius 2 is 1.55 bits per heavy atom. The number of amides is 1. The molecule has 7 heteroatoms. The van der Waals surface area contributed by atoms with Gasteiger partial charge in [-0.2, -0.15) is 0 Å². The molecule has 0 spiro atoms. The average Bonchev–Trinajstić information content (AvgIpc) is 3.51. The number of hydrogen-bond acceptors (Lipinski definition) is 6. The number of carbonyl (C=O) groups is 2. The minimum atomic E-state index is -0.610. The highest BCUT2D eigenvalue weighted by atomic mass is 32.1. The van der Waals surface area contributed by atoms with E-state index in [1.807, 2.05) is 73.1 Å². The van der Waals surface area contributed by atoms with Crippen molar-refractivity contribution in [2.75, 3.05) is 6.61 Å². The molecule has 0 saturated carbocycles. The van der Waals surface area contributed by atoms with Crippen molar-refractivity contribution < 1.29 is 14.3 Å². The molecule has 0 aliphatic heterocycles. The first kappa shape index (κ1) is 31.1. The largest absolute Gasteiger partial charge is 0.494 e. The molecular weight excluding hydrogens is 542 g/mol. The third-order valence-electron chi connectivity index (χ3n) is 7.07. The molecule has 0 saturated heterocycles. The summed E-state index contributed by atoms with van der Waals surface area (Å²) in [5.74, 6) is 1.28. The molecule has 0 aliphatic rings. The highest BCUT2D eigenvalue weighted by Crippen LogP contribution is 2.29. The van der Waals surface area contributed by atoms with E-state index in [9.17, 15) is 9.59 Å². The quantitative estimate of drug-likeness (QED) is 0.120. The minimum absolute atomic E-state index is 0.0211. The van der Waals surface area contributed by atoms with E-state index in [0.717, 1.165) is 52.2 Å². The molecule has 0 fully saturated rings.